The van der Waals surface area contributed by atoms with Crippen LogP contribution in [0, 0.1) is 12.8 Å². The standard InChI is InChI=1S/C27H25N3O4/c1-17-20-9-4-5-12-23(20)34-24(17)26(32)29-28-25(31)19-13-15-30(16-14-19)27(33)22-11-6-8-18-7-2-3-10-21(18)22/h2-12,19H,13-16H2,1H3,(H,28,31)(H,29,32). The van der Waals surface area contributed by atoms with E-state index in [0.29, 0.717) is 37.1 Å². The van der Waals surface area contributed by atoms with Gasteiger partial charge in [0.25, 0.3) is 5.91 Å². The number of furan rings is 1. The highest BCUT2D eigenvalue weighted by molar-refractivity contribution is 6.07. The first-order chi connectivity index (χ1) is 16.5. The van der Waals surface area contributed by atoms with Crippen LogP contribution in [-0.4, -0.2) is 35.7 Å². The van der Waals surface area contributed by atoms with Crippen LogP contribution in [-0.2, 0) is 4.79 Å². The predicted octanol–water partition coefficient (Wildman–Crippen LogP) is 4.21. The molecule has 5 rings (SSSR count). The molecular formula is C27H25N3O4. The summed E-state index contributed by atoms with van der Waals surface area (Å²) in [6, 6.07) is 21.0. The van der Waals surface area contributed by atoms with E-state index < -0.39 is 5.91 Å². The fourth-order valence-electron chi connectivity index (χ4n) is 4.60. The number of para-hydroxylation sites is 1. The summed E-state index contributed by atoms with van der Waals surface area (Å²) < 4.78 is 5.64. The zero-order valence-corrected chi connectivity index (χ0v) is 18.8. The van der Waals surface area contributed by atoms with Crippen molar-refractivity contribution in [2.24, 2.45) is 5.92 Å². The van der Waals surface area contributed by atoms with E-state index in [1.54, 1.807) is 11.0 Å². The van der Waals surface area contributed by atoms with E-state index in [1.807, 2.05) is 67.6 Å². The Kier molecular flexibility index (Phi) is 5.76. The molecule has 1 saturated heterocycles. The third kappa shape index (κ3) is 4.01. The van der Waals surface area contributed by atoms with Gasteiger partial charge in [0, 0.05) is 35.5 Å². The number of aryl methyl sites for hydroxylation is 1. The van der Waals surface area contributed by atoms with Crippen LogP contribution in [0.3, 0.4) is 0 Å². The smallest absolute Gasteiger partial charge is 0.305 e. The number of amides is 3. The van der Waals surface area contributed by atoms with Crippen molar-refractivity contribution in [2.45, 2.75) is 19.8 Å². The number of nitrogens with zero attached hydrogens (tertiary/aromatic N) is 1. The van der Waals surface area contributed by atoms with Gasteiger partial charge in [0.1, 0.15) is 5.58 Å². The molecule has 3 aromatic carbocycles. The Hall–Kier alpha value is -4.13. The van der Waals surface area contributed by atoms with Gasteiger partial charge in [-0.15, -0.1) is 0 Å². The summed E-state index contributed by atoms with van der Waals surface area (Å²) in [6.07, 6.45) is 1.06. The Morgan fingerprint density at radius 1 is 0.853 bits per heavy atom. The third-order valence-electron chi connectivity index (χ3n) is 6.52. The van der Waals surface area contributed by atoms with E-state index in [1.165, 1.54) is 0 Å². The maximum atomic E-state index is 13.1. The maximum absolute atomic E-state index is 13.1. The van der Waals surface area contributed by atoms with Crippen LogP contribution in [0.15, 0.2) is 71.1 Å². The molecule has 34 heavy (non-hydrogen) atoms. The second-order valence-electron chi connectivity index (χ2n) is 8.59. The number of nitrogens with one attached hydrogen (secondary N) is 2. The highest BCUT2D eigenvalue weighted by atomic mass is 16.3. The lowest BCUT2D eigenvalue weighted by Crippen LogP contribution is -2.48. The molecule has 7 nitrogen and oxygen atoms in total. The largest absolute Gasteiger partial charge is 0.451 e. The lowest BCUT2D eigenvalue weighted by Gasteiger charge is -2.31. The number of hydrogen-bond donors (Lipinski definition) is 2. The van der Waals surface area contributed by atoms with Gasteiger partial charge >= 0.3 is 5.91 Å². The number of rotatable bonds is 3. The molecule has 4 aromatic rings. The van der Waals surface area contributed by atoms with Crippen molar-refractivity contribution >= 4 is 39.5 Å². The monoisotopic (exact) mass is 455 g/mol. The Labute approximate surface area is 196 Å². The minimum Gasteiger partial charge on any atom is -0.451 e. The Morgan fingerprint density at radius 2 is 1.53 bits per heavy atom. The topological polar surface area (TPSA) is 91.7 Å². The molecule has 0 spiro atoms. The van der Waals surface area contributed by atoms with E-state index in [2.05, 4.69) is 10.9 Å². The molecule has 0 saturated carbocycles. The summed E-state index contributed by atoms with van der Waals surface area (Å²) in [6.45, 7) is 2.78. The van der Waals surface area contributed by atoms with Gasteiger partial charge in [0.05, 0.1) is 0 Å². The number of likely N-dealkylation sites (tertiary alicyclic amines) is 1. The van der Waals surface area contributed by atoms with E-state index in [9.17, 15) is 14.4 Å². The van der Waals surface area contributed by atoms with Gasteiger partial charge in [-0.3, -0.25) is 25.2 Å². The first-order valence-corrected chi connectivity index (χ1v) is 11.4. The number of hydrazine groups is 1. The molecule has 3 amide bonds. The van der Waals surface area contributed by atoms with Crippen molar-refractivity contribution in [2.75, 3.05) is 13.1 Å². The number of carbonyl (C=O) groups is 3. The number of benzene rings is 3. The van der Waals surface area contributed by atoms with Crippen molar-refractivity contribution in [3.8, 4) is 0 Å². The van der Waals surface area contributed by atoms with Crippen LogP contribution in [0.1, 0.15) is 39.3 Å². The van der Waals surface area contributed by atoms with Crippen molar-refractivity contribution in [1.29, 1.82) is 0 Å². The molecule has 0 aliphatic carbocycles. The Bertz CT molecular complexity index is 1390. The zero-order valence-electron chi connectivity index (χ0n) is 18.8. The van der Waals surface area contributed by atoms with Gasteiger partial charge < -0.3 is 9.32 Å². The lowest BCUT2D eigenvalue weighted by molar-refractivity contribution is -0.127. The van der Waals surface area contributed by atoms with Crippen LogP contribution >= 0.6 is 0 Å². The number of carbonyl (C=O) groups excluding carboxylic acids is 3. The fraction of sp³-hybridized carbons (Fsp3) is 0.222. The molecule has 2 N–H and O–H groups in total. The summed E-state index contributed by atoms with van der Waals surface area (Å²) in [5.74, 6) is -0.889. The molecule has 7 heteroatoms. The fourth-order valence-corrected chi connectivity index (χ4v) is 4.60. The van der Waals surface area contributed by atoms with Crippen molar-refractivity contribution in [3.05, 3.63) is 83.6 Å². The summed E-state index contributed by atoms with van der Waals surface area (Å²) in [5.41, 5.74) is 7.01. The lowest BCUT2D eigenvalue weighted by atomic mass is 9.95. The van der Waals surface area contributed by atoms with E-state index >= 15 is 0 Å². The van der Waals surface area contributed by atoms with Gasteiger partial charge in [-0.1, -0.05) is 54.6 Å². The average molecular weight is 456 g/mol. The molecule has 0 atom stereocenters. The van der Waals surface area contributed by atoms with Crippen molar-refractivity contribution in [3.63, 3.8) is 0 Å². The molecule has 1 fully saturated rings. The van der Waals surface area contributed by atoms with Crippen molar-refractivity contribution < 1.29 is 18.8 Å². The highest BCUT2D eigenvalue weighted by Crippen LogP contribution is 2.25. The van der Waals surface area contributed by atoms with Gasteiger partial charge in [-0.25, -0.2) is 0 Å². The molecular weight excluding hydrogens is 430 g/mol. The number of piperidine rings is 1. The second kappa shape index (κ2) is 9.02. The van der Waals surface area contributed by atoms with Crippen LogP contribution in [0.4, 0.5) is 0 Å². The Morgan fingerprint density at radius 3 is 2.29 bits per heavy atom. The van der Waals surface area contributed by atoms with Crippen LogP contribution in [0.2, 0.25) is 0 Å². The van der Waals surface area contributed by atoms with Gasteiger partial charge in [0.15, 0.2) is 5.76 Å². The zero-order chi connectivity index (χ0) is 23.7. The minimum absolute atomic E-state index is 0.0238. The van der Waals surface area contributed by atoms with E-state index in [0.717, 1.165) is 21.7 Å². The molecule has 172 valence electrons. The van der Waals surface area contributed by atoms with Crippen LogP contribution < -0.4 is 10.9 Å². The van der Waals surface area contributed by atoms with Gasteiger partial charge in [0.2, 0.25) is 5.91 Å². The van der Waals surface area contributed by atoms with Gasteiger partial charge in [-0.2, -0.15) is 0 Å². The average Bonchev–Trinajstić information content (AvgIpc) is 3.23. The number of fused-ring (bicyclic) bond motifs is 2. The molecule has 1 aliphatic heterocycles. The van der Waals surface area contributed by atoms with Gasteiger partial charge in [-0.05, 0) is 42.7 Å². The second-order valence-corrected chi connectivity index (χ2v) is 8.59. The quantitative estimate of drug-likeness (QED) is 0.453. The van der Waals surface area contributed by atoms with Crippen LogP contribution in [0.25, 0.3) is 21.7 Å². The summed E-state index contributed by atoms with van der Waals surface area (Å²) in [7, 11) is 0. The predicted molar refractivity (Wildman–Crippen MR) is 129 cm³/mol. The van der Waals surface area contributed by atoms with Crippen LogP contribution in [0.5, 0.6) is 0 Å². The summed E-state index contributed by atoms with van der Waals surface area (Å²) in [5, 5.41) is 2.82. The molecule has 1 aliphatic rings. The minimum atomic E-state index is -0.495. The SMILES string of the molecule is Cc1c(C(=O)NNC(=O)C2CCN(C(=O)c3cccc4ccccc34)CC2)oc2ccccc12. The molecule has 0 radical (unpaired) electrons. The maximum Gasteiger partial charge on any atom is 0.305 e. The summed E-state index contributed by atoms with van der Waals surface area (Å²) >= 11 is 0. The summed E-state index contributed by atoms with van der Waals surface area (Å²) in [4.78, 5) is 40.1. The molecule has 1 aromatic heterocycles. The first kappa shape index (κ1) is 21.7. The van der Waals surface area contributed by atoms with E-state index in [-0.39, 0.29) is 23.5 Å². The first-order valence-electron chi connectivity index (χ1n) is 11.4. The molecule has 0 unspecified atom stereocenters. The molecule has 0 bridgehead atoms. The van der Waals surface area contributed by atoms with Crippen molar-refractivity contribution in [1.82, 2.24) is 15.8 Å². The molecule has 2 heterocycles. The third-order valence-corrected chi connectivity index (χ3v) is 6.52. The Balaban J connectivity index is 1.18. The number of hydrogen-bond acceptors (Lipinski definition) is 4. The highest BCUT2D eigenvalue weighted by Gasteiger charge is 2.29. The normalized spacial score (nSPS) is 14.3. The van der Waals surface area contributed by atoms with E-state index in [4.69, 9.17) is 4.42 Å².